The van der Waals surface area contributed by atoms with Crippen molar-refractivity contribution in [2.75, 3.05) is 13.2 Å². The quantitative estimate of drug-likeness (QED) is 0.0396. The van der Waals surface area contributed by atoms with Crippen LogP contribution >= 0.6 is 20.7 Å². The van der Waals surface area contributed by atoms with Gasteiger partial charge in [-0.05, 0) is 122 Å². The predicted molar refractivity (Wildman–Crippen MR) is 207 cm³/mol. The molecule has 52 heavy (non-hydrogen) atoms. The largest absolute Gasteiger partial charge is 0.488 e. The summed E-state index contributed by atoms with van der Waals surface area (Å²) in [6.07, 6.45) is 11.1. The molecule has 1 spiro atoms. The van der Waals surface area contributed by atoms with E-state index in [4.69, 9.17) is 41.7 Å². The van der Waals surface area contributed by atoms with Gasteiger partial charge in [0.2, 0.25) is 0 Å². The highest BCUT2D eigenvalue weighted by atomic mass is 127. The number of ether oxygens (including phenoxy) is 6. The van der Waals surface area contributed by atoms with Crippen molar-refractivity contribution >= 4 is 57.7 Å². The number of rotatable bonds is 12. The molecule has 8 rings (SSSR count). The Morgan fingerprint density at radius 2 is 1.37 bits per heavy atom. The fourth-order valence-electron chi connectivity index (χ4n) is 6.87. The number of fused-ring (bicyclic) bond motifs is 4. The van der Waals surface area contributed by atoms with Crippen LogP contribution in [0.5, 0.6) is 17.2 Å². The van der Waals surface area contributed by atoms with Crippen molar-refractivity contribution < 1.29 is 41.7 Å². The highest BCUT2D eigenvalue weighted by Crippen LogP contribution is 2.51. The van der Waals surface area contributed by atoms with Gasteiger partial charge in [-0.25, -0.2) is 4.79 Å². The molecule has 6 heterocycles. The standard InChI is InChI=1S/C41H43IO10/c1-24(7-10-34-39(3,4)50-34)14-18-47-38-28-16-20-45-31(28)22-33-29(38)23-42-41(49-33)51-35(40(5,6)52-41)11-8-25(2)13-17-46-37-26-9-12-36(43)48-32(26)21-30-27(37)15-19-44-30/h9,12-16,19-23,34-35H,7-8,10-11,17-18H2,1-6H3/b24-14+,25-13+/t34?,35?,41-/m0/s1. The first-order valence-corrected chi connectivity index (χ1v) is 20.0. The Balaban J connectivity index is 0.918. The number of allylic oxidation sites excluding steroid dienone is 2. The van der Waals surface area contributed by atoms with E-state index in [0.717, 1.165) is 58.7 Å². The van der Waals surface area contributed by atoms with E-state index in [1.54, 1.807) is 24.7 Å². The second kappa shape index (κ2) is 13.5. The lowest BCUT2D eigenvalue weighted by Crippen LogP contribution is -2.36. The first-order valence-electron chi connectivity index (χ1n) is 17.7. The third kappa shape index (κ3) is 6.95. The van der Waals surface area contributed by atoms with Crippen LogP contribution in [0, 0.1) is 0 Å². The fourth-order valence-corrected chi connectivity index (χ4v) is 9.66. The molecule has 274 valence electrons. The summed E-state index contributed by atoms with van der Waals surface area (Å²) in [5.74, 6) is 2.00. The molecule has 2 unspecified atom stereocenters. The summed E-state index contributed by atoms with van der Waals surface area (Å²) in [6.45, 7) is 13.4. The van der Waals surface area contributed by atoms with Crippen LogP contribution in [0.1, 0.15) is 72.8 Å². The first-order chi connectivity index (χ1) is 24.9. The molecule has 11 heteroatoms. The molecule has 2 aromatic carbocycles. The highest BCUT2D eigenvalue weighted by molar-refractivity contribution is 14.2. The van der Waals surface area contributed by atoms with Crippen LogP contribution in [0.15, 0.2) is 90.3 Å². The van der Waals surface area contributed by atoms with E-state index in [1.807, 2.05) is 18.2 Å². The second-order valence-corrected chi connectivity index (χ2v) is 17.3. The lowest BCUT2D eigenvalue weighted by molar-refractivity contribution is -0.218. The predicted octanol–water partition coefficient (Wildman–Crippen LogP) is 9.69. The number of epoxide rings is 1. The van der Waals surface area contributed by atoms with E-state index < -0.39 is 35.9 Å². The molecule has 3 atom stereocenters. The van der Waals surface area contributed by atoms with Crippen molar-refractivity contribution in [1.29, 1.82) is 0 Å². The molecule has 5 aromatic rings. The average molecular weight is 823 g/mol. The molecule has 0 bridgehead atoms. The van der Waals surface area contributed by atoms with E-state index in [2.05, 4.69) is 57.7 Å². The molecule has 3 aliphatic heterocycles. The molecule has 2 fully saturated rings. The van der Waals surface area contributed by atoms with Gasteiger partial charge in [-0.1, -0.05) is 11.1 Å². The van der Waals surface area contributed by atoms with Crippen LogP contribution < -0.4 is 19.8 Å². The normalized spacial score (nSPS) is 23.6. The van der Waals surface area contributed by atoms with Gasteiger partial charge in [0.05, 0.1) is 57.7 Å². The topological polar surface area (TPSA) is 115 Å². The Bertz CT molecular complexity index is 2300. The number of hydrogen-bond donors (Lipinski definition) is 0. The Hall–Kier alpha value is -3.91. The fraction of sp³-hybridized carbons (Fsp3) is 0.415. The summed E-state index contributed by atoms with van der Waals surface area (Å²) < 4.78 is 56.1. The van der Waals surface area contributed by atoms with Crippen LogP contribution in [0.3, 0.4) is 0 Å². The van der Waals surface area contributed by atoms with Gasteiger partial charge in [0.15, 0.2) is 0 Å². The van der Waals surface area contributed by atoms with Crippen LogP contribution in [-0.2, 0) is 14.2 Å². The molecule has 0 amide bonds. The van der Waals surface area contributed by atoms with Gasteiger partial charge in [-0.3, -0.25) is 0 Å². The molecule has 3 aromatic heterocycles. The van der Waals surface area contributed by atoms with Crippen LogP contribution in [0.2, 0.25) is 0 Å². The van der Waals surface area contributed by atoms with E-state index in [-0.39, 0.29) is 11.7 Å². The first kappa shape index (κ1) is 35.1. The Morgan fingerprint density at radius 1 is 0.769 bits per heavy atom. The SMILES string of the molecule is C/C(=C\COc1c2c(cc3occc13)O[C@]1(OC(CC/C(C)=C/COc3c4ccoc4cc4oc(=O)ccc34)C(C)(C)O1)I=C2)CCC1OC1(C)C. The zero-order valence-corrected chi connectivity index (χ0v) is 32.4. The number of hydrogen-bond acceptors (Lipinski definition) is 10. The van der Waals surface area contributed by atoms with Crippen molar-refractivity contribution in [2.45, 2.75) is 94.6 Å². The molecule has 0 saturated carbocycles. The molecule has 0 aliphatic carbocycles. The molecule has 2 saturated heterocycles. The summed E-state index contributed by atoms with van der Waals surface area (Å²) in [5.41, 5.74) is 4.07. The van der Waals surface area contributed by atoms with Gasteiger partial charge in [0.25, 0.3) is 0 Å². The minimum Gasteiger partial charge on any atom is -0.488 e. The zero-order valence-electron chi connectivity index (χ0n) is 30.2. The summed E-state index contributed by atoms with van der Waals surface area (Å²) in [4.78, 5) is 11.8. The molecule has 10 nitrogen and oxygen atoms in total. The summed E-state index contributed by atoms with van der Waals surface area (Å²) in [7, 11) is 0. The van der Waals surface area contributed by atoms with E-state index >= 15 is 0 Å². The number of furan rings is 2. The monoisotopic (exact) mass is 822 g/mol. The molecule has 0 N–H and O–H groups in total. The van der Waals surface area contributed by atoms with Crippen LogP contribution in [0.25, 0.3) is 32.9 Å². The average Bonchev–Trinajstić information content (AvgIpc) is 3.49. The number of benzene rings is 2. The lowest BCUT2D eigenvalue weighted by Gasteiger charge is -2.30. The van der Waals surface area contributed by atoms with Crippen molar-refractivity contribution in [3.8, 4) is 17.2 Å². The maximum Gasteiger partial charge on any atom is 0.377 e. The lowest BCUT2D eigenvalue weighted by atomic mass is 9.96. The van der Waals surface area contributed by atoms with Gasteiger partial charge >= 0.3 is 9.61 Å². The third-order valence-electron chi connectivity index (χ3n) is 10.1. The van der Waals surface area contributed by atoms with E-state index in [1.165, 1.54) is 11.6 Å². The number of alkyl halides is 1. The molecule has 0 radical (unpaired) electrons. The Morgan fingerprint density at radius 3 is 2.04 bits per heavy atom. The molecular formula is C41H43IO10. The van der Waals surface area contributed by atoms with Crippen LogP contribution in [0.4, 0.5) is 0 Å². The van der Waals surface area contributed by atoms with Gasteiger partial charge in [-0.15, -0.1) is 0 Å². The van der Waals surface area contributed by atoms with Gasteiger partial charge in [0, 0.05) is 18.2 Å². The summed E-state index contributed by atoms with van der Waals surface area (Å²) in [5, 5.41) is 2.45. The highest BCUT2D eigenvalue weighted by Gasteiger charge is 2.55. The second-order valence-electron chi connectivity index (χ2n) is 14.8. The Labute approximate surface area is 311 Å². The smallest absolute Gasteiger partial charge is 0.377 e. The van der Waals surface area contributed by atoms with Crippen molar-refractivity contribution in [2.24, 2.45) is 0 Å². The van der Waals surface area contributed by atoms with Crippen LogP contribution in [-0.4, -0.2) is 44.6 Å². The minimum atomic E-state index is -1.15. The van der Waals surface area contributed by atoms with Gasteiger partial charge in [0.1, 0.15) is 47.2 Å². The maximum atomic E-state index is 11.8. The Kier molecular flexibility index (Phi) is 9.12. The molecule has 3 aliphatic rings. The summed E-state index contributed by atoms with van der Waals surface area (Å²) in [6, 6.07) is 10.5. The van der Waals surface area contributed by atoms with Crippen molar-refractivity contribution in [1.82, 2.24) is 0 Å². The van der Waals surface area contributed by atoms with Gasteiger partial charge < -0.3 is 41.7 Å². The van der Waals surface area contributed by atoms with E-state index in [0.29, 0.717) is 47.6 Å². The van der Waals surface area contributed by atoms with E-state index in [9.17, 15) is 4.79 Å². The van der Waals surface area contributed by atoms with Crippen molar-refractivity contribution in [3.05, 3.63) is 88.2 Å². The minimum absolute atomic E-state index is 0.00857. The zero-order chi connectivity index (χ0) is 36.3. The van der Waals surface area contributed by atoms with Crippen molar-refractivity contribution in [3.63, 3.8) is 0 Å². The third-order valence-corrected chi connectivity index (χ3v) is 12.5. The number of halogens is 1. The summed E-state index contributed by atoms with van der Waals surface area (Å²) >= 11 is -0.847. The maximum absolute atomic E-state index is 11.8. The van der Waals surface area contributed by atoms with Gasteiger partial charge in [-0.2, -0.15) is 0 Å². The molecular weight excluding hydrogens is 779 g/mol.